The molecule has 4 nitrogen and oxygen atoms in total. The van der Waals surface area contributed by atoms with E-state index in [0.29, 0.717) is 17.0 Å². The summed E-state index contributed by atoms with van der Waals surface area (Å²) in [4.78, 5) is 15.4. The minimum Gasteiger partial charge on any atom is -0.550 e. The Morgan fingerprint density at radius 1 is 1.16 bits per heavy atom. The van der Waals surface area contributed by atoms with E-state index in [9.17, 15) is 14.3 Å². The Hall–Kier alpha value is -2.99. The fourth-order valence-corrected chi connectivity index (χ4v) is 3.63. The number of rotatable bonds is 4. The third kappa shape index (κ3) is 2.92. The molecule has 0 saturated heterocycles. The van der Waals surface area contributed by atoms with Crippen LogP contribution in [0.3, 0.4) is 0 Å². The van der Waals surface area contributed by atoms with Crippen LogP contribution in [0.1, 0.15) is 5.69 Å². The predicted molar refractivity (Wildman–Crippen MR) is 91.4 cm³/mol. The van der Waals surface area contributed by atoms with Crippen molar-refractivity contribution in [1.29, 1.82) is 0 Å². The van der Waals surface area contributed by atoms with Crippen LogP contribution in [0.25, 0.3) is 32.9 Å². The van der Waals surface area contributed by atoms with Gasteiger partial charge in [0.2, 0.25) is 5.89 Å². The van der Waals surface area contributed by atoms with Crippen LogP contribution in [0.4, 0.5) is 4.39 Å². The van der Waals surface area contributed by atoms with Crippen molar-refractivity contribution in [3.63, 3.8) is 0 Å². The summed E-state index contributed by atoms with van der Waals surface area (Å²) < 4.78 is 20.1. The van der Waals surface area contributed by atoms with Crippen LogP contribution in [0, 0.1) is 5.82 Å². The predicted octanol–water partition coefficient (Wildman–Crippen LogP) is 3.65. The molecule has 4 rings (SSSR count). The largest absolute Gasteiger partial charge is 0.550 e. The summed E-state index contributed by atoms with van der Waals surface area (Å²) in [7, 11) is 0. The van der Waals surface area contributed by atoms with Crippen LogP contribution < -0.4 is 5.11 Å². The van der Waals surface area contributed by atoms with Gasteiger partial charge in [-0.25, -0.2) is 9.37 Å². The molecule has 0 unspecified atom stereocenters. The Labute approximate surface area is 146 Å². The Morgan fingerprint density at radius 2 is 1.92 bits per heavy atom. The lowest BCUT2D eigenvalue weighted by molar-refractivity contribution is -0.304. The van der Waals surface area contributed by atoms with Crippen LogP contribution in [0.2, 0.25) is 0 Å². The second-order valence-corrected chi connectivity index (χ2v) is 6.41. The number of carbonyl (C=O) groups is 1. The number of carboxylic acids is 1. The maximum Gasteiger partial charge on any atom is 0.227 e. The molecule has 0 saturated carbocycles. The number of nitrogens with zero attached hydrogens (tertiary/aromatic N) is 1. The van der Waals surface area contributed by atoms with E-state index in [1.54, 1.807) is 23.5 Å². The van der Waals surface area contributed by atoms with E-state index < -0.39 is 5.97 Å². The van der Waals surface area contributed by atoms with Crippen LogP contribution in [0.15, 0.2) is 58.3 Å². The van der Waals surface area contributed by atoms with Crippen molar-refractivity contribution in [2.45, 2.75) is 6.42 Å². The molecule has 2 aromatic carbocycles. The number of carboxylic acid groups (broad SMARTS) is 1. The lowest BCUT2D eigenvalue weighted by Crippen LogP contribution is -2.24. The molecule has 6 heteroatoms. The molecule has 124 valence electrons. The van der Waals surface area contributed by atoms with Crippen LogP contribution in [-0.2, 0) is 11.2 Å². The molecule has 0 aliphatic rings. The maximum atomic E-state index is 13.1. The van der Waals surface area contributed by atoms with Gasteiger partial charge in [-0.1, -0.05) is 18.2 Å². The molecular weight excluding hydrogens is 341 g/mol. The van der Waals surface area contributed by atoms with Gasteiger partial charge in [0.15, 0.2) is 5.76 Å². The van der Waals surface area contributed by atoms with Gasteiger partial charge in [-0.05, 0) is 30.3 Å². The number of aromatic nitrogens is 1. The van der Waals surface area contributed by atoms with Crippen molar-refractivity contribution in [3.05, 3.63) is 65.4 Å². The normalized spacial score (nSPS) is 11.1. The molecule has 0 spiro atoms. The zero-order valence-corrected chi connectivity index (χ0v) is 13.7. The molecule has 0 bridgehead atoms. The number of hydrogen-bond acceptors (Lipinski definition) is 5. The van der Waals surface area contributed by atoms with Crippen molar-refractivity contribution in [2.24, 2.45) is 0 Å². The molecule has 0 aliphatic carbocycles. The number of fused-ring (bicyclic) bond motifs is 1. The molecule has 2 aromatic heterocycles. The Bertz CT molecular complexity index is 1070. The summed E-state index contributed by atoms with van der Waals surface area (Å²) in [5, 5.41) is 14.0. The van der Waals surface area contributed by atoms with Crippen molar-refractivity contribution in [3.8, 4) is 22.8 Å². The molecule has 0 N–H and O–H groups in total. The number of hydrogen-bond donors (Lipinski definition) is 0. The third-order valence-corrected chi connectivity index (χ3v) is 4.79. The number of aliphatic carboxylic acids is 1. The van der Waals surface area contributed by atoms with E-state index in [0.717, 1.165) is 15.6 Å². The van der Waals surface area contributed by atoms with E-state index in [1.165, 1.54) is 12.1 Å². The Morgan fingerprint density at radius 3 is 2.68 bits per heavy atom. The van der Waals surface area contributed by atoms with Gasteiger partial charge in [0.1, 0.15) is 5.82 Å². The topological polar surface area (TPSA) is 66.2 Å². The summed E-state index contributed by atoms with van der Waals surface area (Å²) in [5.74, 6) is -0.948. The molecular formula is C19H11FNO3S-. The second-order valence-electron chi connectivity index (χ2n) is 5.50. The average molecular weight is 352 g/mol. The van der Waals surface area contributed by atoms with Crippen molar-refractivity contribution < 1.29 is 18.7 Å². The van der Waals surface area contributed by atoms with E-state index in [1.807, 2.05) is 29.6 Å². The van der Waals surface area contributed by atoms with Gasteiger partial charge in [-0.2, -0.15) is 0 Å². The SMILES string of the molecule is O=C([O-])Cc1nc(-c2ccc(F)cc2)oc1-c1csc2ccccc12. The fourth-order valence-electron chi connectivity index (χ4n) is 2.69. The van der Waals surface area contributed by atoms with E-state index in [2.05, 4.69) is 4.98 Å². The van der Waals surface area contributed by atoms with Crippen molar-refractivity contribution in [1.82, 2.24) is 4.98 Å². The van der Waals surface area contributed by atoms with Gasteiger partial charge < -0.3 is 14.3 Å². The quantitative estimate of drug-likeness (QED) is 0.562. The molecule has 4 aromatic rings. The first-order valence-corrected chi connectivity index (χ1v) is 8.42. The fraction of sp³-hybridized carbons (Fsp3) is 0.0526. The Balaban J connectivity index is 1.88. The molecule has 0 amide bonds. The smallest absolute Gasteiger partial charge is 0.227 e. The summed E-state index contributed by atoms with van der Waals surface area (Å²) in [6.07, 6.45) is -0.357. The lowest BCUT2D eigenvalue weighted by Gasteiger charge is -2.01. The van der Waals surface area contributed by atoms with Gasteiger partial charge in [0.05, 0.1) is 5.69 Å². The molecule has 2 heterocycles. The zero-order chi connectivity index (χ0) is 17.4. The first kappa shape index (κ1) is 15.5. The molecule has 0 radical (unpaired) electrons. The summed E-state index contributed by atoms with van der Waals surface area (Å²) in [6.45, 7) is 0. The first-order valence-electron chi connectivity index (χ1n) is 7.54. The monoisotopic (exact) mass is 352 g/mol. The molecule has 0 aliphatic heterocycles. The van der Waals surface area contributed by atoms with Crippen LogP contribution in [-0.4, -0.2) is 11.0 Å². The lowest BCUT2D eigenvalue weighted by atomic mass is 10.1. The number of thiophene rings is 1. The number of oxazole rings is 1. The number of carbonyl (C=O) groups excluding carboxylic acids is 1. The number of halogens is 1. The highest BCUT2D eigenvalue weighted by molar-refractivity contribution is 7.17. The zero-order valence-electron chi connectivity index (χ0n) is 12.9. The van der Waals surface area contributed by atoms with Crippen molar-refractivity contribution in [2.75, 3.05) is 0 Å². The third-order valence-electron chi connectivity index (χ3n) is 3.83. The minimum atomic E-state index is -1.24. The highest BCUT2D eigenvalue weighted by Crippen LogP contribution is 2.37. The van der Waals surface area contributed by atoms with Gasteiger partial charge in [0, 0.05) is 39.0 Å². The van der Waals surface area contributed by atoms with Gasteiger partial charge >= 0.3 is 0 Å². The highest BCUT2D eigenvalue weighted by atomic mass is 32.1. The second kappa shape index (κ2) is 6.14. The van der Waals surface area contributed by atoms with Gasteiger partial charge in [-0.3, -0.25) is 0 Å². The number of benzene rings is 2. The van der Waals surface area contributed by atoms with E-state index in [4.69, 9.17) is 4.42 Å². The van der Waals surface area contributed by atoms with Crippen LogP contribution in [0.5, 0.6) is 0 Å². The van der Waals surface area contributed by atoms with Gasteiger partial charge in [0.25, 0.3) is 0 Å². The molecule has 0 fully saturated rings. The molecule has 25 heavy (non-hydrogen) atoms. The van der Waals surface area contributed by atoms with Crippen LogP contribution >= 0.6 is 11.3 Å². The van der Waals surface area contributed by atoms with Gasteiger partial charge in [-0.15, -0.1) is 11.3 Å². The molecule has 0 atom stereocenters. The summed E-state index contributed by atoms with van der Waals surface area (Å²) >= 11 is 1.54. The maximum absolute atomic E-state index is 13.1. The minimum absolute atomic E-state index is 0.251. The van der Waals surface area contributed by atoms with E-state index >= 15 is 0 Å². The first-order chi connectivity index (χ1) is 12.1. The average Bonchev–Trinajstić information content (AvgIpc) is 3.19. The van der Waals surface area contributed by atoms with Crippen molar-refractivity contribution >= 4 is 27.4 Å². The Kier molecular flexibility index (Phi) is 3.82. The summed E-state index contributed by atoms with van der Waals surface area (Å²) in [6, 6.07) is 13.5. The standard InChI is InChI=1S/C19H12FNO3S/c20-12-7-5-11(6-8-12)19-21-15(9-17(22)23)18(24-19)14-10-25-16-4-2-1-3-13(14)16/h1-8,10H,9H2,(H,22,23)/p-1. The highest BCUT2D eigenvalue weighted by Gasteiger charge is 2.19. The van der Waals surface area contributed by atoms with E-state index in [-0.39, 0.29) is 18.1 Å². The summed E-state index contributed by atoms with van der Waals surface area (Å²) in [5.41, 5.74) is 1.66.